The fourth-order valence-corrected chi connectivity index (χ4v) is 2.40. The van der Waals surface area contributed by atoms with Crippen LogP contribution in [0.4, 0.5) is 0 Å². The molecule has 0 spiro atoms. The van der Waals surface area contributed by atoms with Crippen molar-refractivity contribution in [2.24, 2.45) is 5.41 Å². The minimum absolute atomic E-state index is 0.195. The van der Waals surface area contributed by atoms with Crippen LogP contribution in [-0.4, -0.2) is 14.2 Å². The highest BCUT2D eigenvalue weighted by Gasteiger charge is 2.26. The highest BCUT2D eigenvalue weighted by atomic mass is 16.5. The first-order valence-corrected chi connectivity index (χ1v) is 6.13. The van der Waals surface area contributed by atoms with Crippen molar-refractivity contribution in [3.8, 4) is 5.75 Å². The van der Waals surface area contributed by atoms with Crippen LogP contribution in [0.25, 0.3) is 0 Å². The Bertz CT molecular complexity index is 391. The van der Waals surface area contributed by atoms with Gasteiger partial charge in [0.1, 0.15) is 5.75 Å². The predicted molar refractivity (Wildman–Crippen MR) is 73.7 cm³/mol. The zero-order valence-corrected chi connectivity index (χ0v) is 12.1. The third kappa shape index (κ3) is 3.01. The van der Waals surface area contributed by atoms with E-state index in [2.05, 4.69) is 52.1 Å². The van der Waals surface area contributed by atoms with Gasteiger partial charge in [0.2, 0.25) is 0 Å². The van der Waals surface area contributed by atoms with Gasteiger partial charge in [0, 0.05) is 6.04 Å². The summed E-state index contributed by atoms with van der Waals surface area (Å²) in [5, 5.41) is 3.42. The van der Waals surface area contributed by atoms with Crippen LogP contribution in [0.2, 0.25) is 0 Å². The minimum Gasteiger partial charge on any atom is -0.496 e. The topological polar surface area (TPSA) is 21.3 Å². The molecule has 0 saturated heterocycles. The maximum absolute atomic E-state index is 5.36. The average molecular weight is 235 g/mol. The van der Waals surface area contributed by atoms with E-state index < -0.39 is 0 Å². The van der Waals surface area contributed by atoms with Gasteiger partial charge < -0.3 is 10.1 Å². The van der Waals surface area contributed by atoms with E-state index >= 15 is 0 Å². The number of ether oxygens (including phenoxy) is 1. The van der Waals surface area contributed by atoms with Crippen LogP contribution in [0.1, 0.15) is 43.5 Å². The molecule has 17 heavy (non-hydrogen) atoms. The monoisotopic (exact) mass is 235 g/mol. The standard InChI is InChI=1S/C15H25NO/c1-10-9-13(17-7)11(2)8-12(10)14(16-6)15(3,4)5/h8-9,14,16H,1-7H3. The Hall–Kier alpha value is -1.02. The Kier molecular flexibility index (Phi) is 4.21. The number of methoxy groups -OCH3 is 1. The molecule has 0 aromatic heterocycles. The van der Waals surface area contributed by atoms with E-state index in [0.29, 0.717) is 6.04 Å². The lowest BCUT2D eigenvalue weighted by molar-refractivity contribution is 0.285. The van der Waals surface area contributed by atoms with Crippen LogP contribution < -0.4 is 10.1 Å². The van der Waals surface area contributed by atoms with Crippen molar-refractivity contribution in [2.45, 2.75) is 40.7 Å². The summed E-state index contributed by atoms with van der Waals surface area (Å²) in [7, 11) is 3.75. The van der Waals surface area contributed by atoms with E-state index in [9.17, 15) is 0 Å². The second kappa shape index (κ2) is 5.09. The van der Waals surface area contributed by atoms with E-state index in [1.54, 1.807) is 7.11 Å². The lowest BCUT2D eigenvalue weighted by Gasteiger charge is -2.32. The predicted octanol–water partition coefficient (Wildman–Crippen LogP) is 3.62. The van der Waals surface area contributed by atoms with Gasteiger partial charge in [-0.2, -0.15) is 0 Å². The molecular weight excluding hydrogens is 210 g/mol. The minimum atomic E-state index is 0.195. The molecule has 1 atom stereocenters. The third-order valence-electron chi connectivity index (χ3n) is 3.25. The van der Waals surface area contributed by atoms with Crippen molar-refractivity contribution in [3.05, 3.63) is 28.8 Å². The molecule has 2 nitrogen and oxygen atoms in total. The van der Waals surface area contributed by atoms with Gasteiger partial charge in [-0.1, -0.05) is 26.8 Å². The third-order valence-corrected chi connectivity index (χ3v) is 3.25. The molecule has 0 saturated carbocycles. The summed E-state index contributed by atoms with van der Waals surface area (Å²) in [6.45, 7) is 11.0. The van der Waals surface area contributed by atoms with Crippen molar-refractivity contribution >= 4 is 0 Å². The van der Waals surface area contributed by atoms with E-state index in [0.717, 1.165) is 5.75 Å². The molecule has 0 amide bonds. The van der Waals surface area contributed by atoms with Crippen LogP contribution in [-0.2, 0) is 0 Å². The second-order valence-electron chi connectivity index (χ2n) is 5.77. The molecule has 0 radical (unpaired) electrons. The zero-order chi connectivity index (χ0) is 13.2. The van der Waals surface area contributed by atoms with Crippen molar-refractivity contribution in [1.82, 2.24) is 5.32 Å². The molecule has 0 aliphatic rings. The van der Waals surface area contributed by atoms with Gasteiger partial charge in [0.05, 0.1) is 7.11 Å². The molecule has 0 aliphatic heterocycles. The smallest absolute Gasteiger partial charge is 0.122 e. The number of hydrogen-bond acceptors (Lipinski definition) is 2. The lowest BCUT2D eigenvalue weighted by Crippen LogP contribution is -2.30. The summed E-state index contributed by atoms with van der Waals surface area (Å²) >= 11 is 0. The summed E-state index contributed by atoms with van der Waals surface area (Å²) in [6.07, 6.45) is 0. The molecule has 1 rings (SSSR count). The first kappa shape index (κ1) is 14.0. The normalized spacial score (nSPS) is 13.6. The Morgan fingerprint density at radius 2 is 1.71 bits per heavy atom. The van der Waals surface area contributed by atoms with E-state index in [-0.39, 0.29) is 5.41 Å². The highest BCUT2D eigenvalue weighted by Crippen LogP contribution is 2.36. The molecule has 0 fully saturated rings. The molecule has 96 valence electrons. The Morgan fingerprint density at radius 1 is 1.12 bits per heavy atom. The van der Waals surface area contributed by atoms with Crippen LogP contribution >= 0.6 is 0 Å². The molecule has 1 unspecified atom stereocenters. The quantitative estimate of drug-likeness (QED) is 0.864. The SMILES string of the molecule is CNC(c1cc(C)c(OC)cc1C)C(C)(C)C. The maximum atomic E-state index is 5.36. The zero-order valence-electron chi connectivity index (χ0n) is 12.1. The molecule has 2 heteroatoms. The fraction of sp³-hybridized carbons (Fsp3) is 0.600. The Balaban J connectivity index is 3.26. The first-order chi connectivity index (χ1) is 7.81. The van der Waals surface area contributed by atoms with Gasteiger partial charge in [-0.15, -0.1) is 0 Å². The number of aryl methyl sites for hydroxylation is 2. The molecule has 1 aromatic carbocycles. The van der Waals surface area contributed by atoms with E-state index in [4.69, 9.17) is 4.74 Å². The van der Waals surface area contributed by atoms with E-state index in [1.807, 2.05) is 7.05 Å². The van der Waals surface area contributed by atoms with Gasteiger partial charge in [0.25, 0.3) is 0 Å². The van der Waals surface area contributed by atoms with Crippen LogP contribution in [0.15, 0.2) is 12.1 Å². The Morgan fingerprint density at radius 3 is 2.12 bits per heavy atom. The summed E-state index contributed by atoms with van der Waals surface area (Å²) in [4.78, 5) is 0. The molecule has 0 aliphatic carbocycles. The van der Waals surface area contributed by atoms with Gasteiger partial charge in [-0.05, 0) is 49.1 Å². The van der Waals surface area contributed by atoms with Crippen molar-refractivity contribution < 1.29 is 4.74 Å². The Labute approximate surface area is 105 Å². The van der Waals surface area contributed by atoms with Crippen molar-refractivity contribution in [3.63, 3.8) is 0 Å². The highest BCUT2D eigenvalue weighted by molar-refractivity contribution is 5.43. The first-order valence-electron chi connectivity index (χ1n) is 6.13. The molecule has 0 bridgehead atoms. The fourth-order valence-electron chi connectivity index (χ4n) is 2.40. The maximum Gasteiger partial charge on any atom is 0.122 e. The van der Waals surface area contributed by atoms with Crippen molar-refractivity contribution in [1.29, 1.82) is 0 Å². The molecule has 0 heterocycles. The largest absolute Gasteiger partial charge is 0.496 e. The summed E-state index contributed by atoms with van der Waals surface area (Å²) in [5.74, 6) is 0.968. The van der Waals surface area contributed by atoms with Crippen LogP contribution in [0.5, 0.6) is 5.75 Å². The molecular formula is C15H25NO. The van der Waals surface area contributed by atoms with Gasteiger partial charge in [-0.25, -0.2) is 0 Å². The van der Waals surface area contributed by atoms with Gasteiger partial charge >= 0.3 is 0 Å². The number of nitrogens with one attached hydrogen (secondary N) is 1. The average Bonchev–Trinajstić information content (AvgIpc) is 2.21. The number of hydrogen-bond donors (Lipinski definition) is 1. The van der Waals surface area contributed by atoms with Gasteiger partial charge in [-0.3, -0.25) is 0 Å². The second-order valence-corrected chi connectivity index (χ2v) is 5.77. The summed E-state index contributed by atoms with van der Waals surface area (Å²) < 4.78 is 5.36. The molecule has 1 N–H and O–H groups in total. The van der Waals surface area contributed by atoms with Crippen LogP contribution in [0.3, 0.4) is 0 Å². The number of rotatable bonds is 3. The summed E-state index contributed by atoms with van der Waals surface area (Å²) in [6, 6.07) is 4.72. The number of benzene rings is 1. The molecule has 1 aromatic rings. The lowest BCUT2D eigenvalue weighted by atomic mass is 9.80. The summed E-state index contributed by atoms with van der Waals surface area (Å²) in [5.41, 5.74) is 4.03. The van der Waals surface area contributed by atoms with E-state index in [1.165, 1.54) is 16.7 Å². The van der Waals surface area contributed by atoms with Crippen LogP contribution in [0, 0.1) is 19.3 Å². The van der Waals surface area contributed by atoms with Crippen molar-refractivity contribution in [2.75, 3.05) is 14.2 Å². The van der Waals surface area contributed by atoms with Gasteiger partial charge in [0.15, 0.2) is 0 Å².